The molecular weight excluding hydrogens is 332 g/mol. The van der Waals surface area contributed by atoms with E-state index in [-0.39, 0.29) is 16.4 Å². The molecule has 1 amide bonds. The van der Waals surface area contributed by atoms with Crippen molar-refractivity contribution in [2.75, 3.05) is 0 Å². The molecule has 0 spiro atoms. The van der Waals surface area contributed by atoms with Gasteiger partial charge in [0.05, 0.1) is 6.04 Å². The molecule has 0 bridgehead atoms. The zero-order valence-electron chi connectivity index (χ0n) is 13.8. The fraction of sp³-hybridized carbons (Fsp3) is 0.200. The number of thioether (sulfide) groups is 1. The molecule has 0 radical (unpaired) electrons. The van der Waals surface area contributed by atoms with E-state index < -0.39 is 6.04 Å². The van der Waals surface area contributed by atoms with Crippen LogP contribution in [-0.2, 0) is 11.2 Å². The summed E-state index contributed by atoms with van der Waals surface area (Å²) in [4.78, 5) is 23.4. The van der Waals surface area contributed by atoms with E-state index in [0.717, 1.165) is 28.2 Å². The standard InChI is InChI=1S/C20H18N2O2S/c1-13(14-7-3-2-4-8-14)22-12-15(16-9-5-6-10-18(16)22)11-17-19(23)25-20(24)21-17/h2-10,12-13,17H,11H2,1H3,(H,21,24). The third-order valence-electron chi connectivity index (χ3n) is 4.72. The van der Waals surface area contributed by atoms with Gasteiger partial charge in [0.25, 0.3) is 5.24 Å². The smallest absolute Gasteiger partial charge is 0.287 e. The summed E-state index contributed by atoms with van der Waals surface area (Å²) in [5.41, 5.74) is 3.45. The fourth-order valence-corrected chi connectivity index (χ4v) is 4.07. The molecule has 3 aromatic rings. The molecule has 1 saturated heterocycles. The Hall–Kier alpha value is -2.53. The van der Waals surface area contributed by atoms with Crippen molar-refractivity contribution >= 4 is 33.0 Å². The molecule has 2 unspecified atom stereocenters. The maximum absolute atomic E-state index is 12.0. The predicted octanol–water partition coefficient (Wildman–Crippen LogP) is 4.14. The van der Waals surface area contributed by atoms with E-state index in [1.807, 2.05) is 30.3 Å². The van der Waals surface area contributed by atoms with Gasteiger partial charge >= 0.3 is 0 Å². The van der Waals surface area contributed by atoms with Crippen LogP contribution in [0.15, 0.2) is 60.8 Å². The minimum absolute atomic E-state index is 0.0991. The van der Waals surface area contributed by atoms with Crippen LogP contribution in [0.3, 0.4) is 0 Å². The predicted molar refractivity (Wildman–Crippen MR) is 101 cm³/mol. The Morgan fingerprint density at radius 1 is 1.08 bits per heavy atom. The maximum atomic E-state index is 12.0. The summed E-state index contributed by atoms with van der Waals surface area (Å²) >= 11 is 0.767. The number of amides is 1. The third kappa shape index (κ3) is 2.96. The van der Waals surface area contributed by atoms with Crippen molar-refractivity contribution in [3.8, 4) is 0 Å². The highest BCUT2D eigenvalue weighted by atomic mass is 32.2. The summed E-state index contributed by atoms with van der Waals surface area (Å²) in [6.45, 7) is 2.17. The van der Waals surface area contributed by atoms with Crippen molar-refractivity contribution in [2.24, 2.45) is 0 Å². The van der Waals surface area contributed by atoms with Crippen LogP contribution in [-0.4, -0.2) is 21.0 Å². The number of fused-ring (bicyclic) bond motifs is 1. The molecule has 0 saturated carbocycles. The van der Waals surface area contributed by atoms with Crippen molar-refractivity contribution in [1.29, 1.82) is 0 Å². The minimum Gasteiger partial charge on any atom is -0.340 e. The average molecular weight is 350 g/mol. The van der Waals surface area contributed by atoms with E-state index in [1.165, 1.54) is 5.56 Å². The highest BCUT2D eigenvalue weighted by molar-refractivity contribution is 8.26. The molecule has 1 aliphatic rings. The molecule has 25 heavy (non-hydrogen) atoms. The van der Waals surface area contributed by atoms with Gasteiger partial charge in [0, 0.05) is 35.3 Å². The highest BCUT2D eigenvalue weighted by Crippen LogP contribution is 2.30. The van der Waals surface area contributed by atoms with Gasteiger partial charge in [0.1, 0.15) is 6.04 Å². The van der Waals surface area contributed by atoms with E-state index in [9.17, 15) is 9.59 Å². The molecule has 4 nitrogen and oxygen atoms in total. The Balaban J connectivity index is 1.74. The van der Waals surface area contributed by atoms with Crippen molar-refractivity contribution in [1.82, 2.24) is 9.88 Å². The largest absolute Gasteiger partial charge is 0.340 e. The van der Waals surface area contributed by atoms with Crippen LogP contribution in [0.25, 0.3) is 10.9 Å². The maximum Gasteiger partial charge on any atom is 0.287 e. The van der Waals surface area contributed by atoms with Crippen LogP contribution >= 0.6 is 11.8 Å². The molecular formula is C20H18N2O2S. The van der Waals surface area contributed by atoms with E-state index in [2.05, 4.69) is 47.3 Å². The van der Waals surface area contributed by atoms with E-state index in [0.29, 0.717) is 6.42 Å². The van der Waals surface area contributed by atoms with Gasteiger partial charge in [-0.2, -0.15) is 0 Å². The average Bonchev–Trinajstić information content (AvgIpc) is 3.15. The monoisotopic (exact) mass is 350 g/mol. The van der Waals surface area contributed by atoms with E-state index in [4.69, 9.17) is 0 Å². The van der Waals surface area contributed by atoms with Gasteiger partial charge in [-0.1, -0.05) is 48.5 Å². The van der Waals surface area contributed by atoms with Gasteiger partial charge in [0.2, 0.25) is 5.12 Å². The zero-order valence-corrected chi connectivity index (χ0v) is 14.6. The first-order chi connectivity index (χ1) is 12.1. The number of para-hydroxylation sites is 1. The SMILES string of the molecule is CC(c1ccccc1)n1cc(CC2NC(=O)SC2=O)c2ccccc21. The van der Waals surface area contributed by atoms with Crippen molar-refractivity contribution < 1.29 is 9.59 Å². The summed E-state index contributed by atoms with van der Waals surface area (Å²) in [6.07, 6.45) is 2.64. The number of nitrogens with zero attached hydrogens (tertiary/aromatic N) is 1. The number of aromatic nitrogens is 1. The highest BCUT2D eigenvalue weighted by Gasteiger charge is 2.32. The van der Waals surface area contributed by atoms with Crippen LogP contribution in [0.5, 0.6) is 0 Å². The van der Waals surface area contributed by atoms with Crippen LogP contribution in [0.1, 0.15) is 24.1 Å². The lowest BCUT2D eigenvalue weighted by Gasteiger charge is -2.15. The lowest BCUT2D eigenvalue weighted by atomic mass is 10.1. The first-order valence-electron chi connectivity index (χ1n) is 8.29. The zero-order chi connectivity index (χ0) is 17.4. The van der Waals surface area contributed by atoms with Crippen molar-refractivity contribution in [2.45, 2.75) is 25.4 Å². The second-order valence-corrected chi connectivity index (χ2v) is 7.25. The minimum atomic E-state index is -0.441. The number of carbonyl (C=O) groups is 2. The number of rotatable bonds is 4. The first kappa shape index (κ1) is 16.0. The summed E-state index contributed by atoms with van der Waals surface area (Å²) in [5, 5.41) is 3.53. The van der Waals surface area contributed by atoms with Crippen molar-refractivity contribution in [3.63, 3.8) is 0 Å². The van der Waals surface area contributed by atoms with Crippen LogP contribution < -0.4 is 5.32 Å². The lowest BCUT2D eigenvalue weighted by Crippen LogP contribution is -2.30. The molecule has 2 aromatic carbocycles. The van der Waals surface area contributed by atoms with Gasteiger partial charge in [-0.05, 0) is 24.1 Å². The van der Waals surface area contributed by atoms with Crippen LogP contribution in [0, 0.1) is 0 Å². The Bertz CT molecular complexity index is 949. The van der Waals surface area contributed by atoms with E-state index in [1.54, 1.807) is 0 Å². The Labute approximate surface area is 150 Å². The van der Waals surface area contributed by atoms with Crippen molar-refractivity contribution in [3.05, 3.63) is 71.9 Å². The molecule has 2 atom stereocenters. The quantitative estimate of drug-likeness (QED) is 0.769. The number of hydrogen-bond acceptors (Lipinski definition) is 3. The van der Waals surface area contributed by atoms with Crippen LogP contribution in [0.2, 0.25) is 0 Å². The summed E-state index contributed by atoms with van der Waals surface area (Å²) in [5.74, 6) is 0. The second-order valence-electron chi connectivity index (χ2n) is 6.28. The normalized spacial score (nSPS) is 18.5. The number of carbonyl (C=O) groups excluding carboxylic acids is 2. The molecule has 5 heteroatoms. The van der Waals surface area contributed by atoms with E-state index >= 15 is 0 Å². The van der Waals surface area contributed by atoms with Gasteiger partial charge < -0.3 is 9.88 Å². The fourth-order valence-electron chi connectivity index (χ4n) is 3.40. The molecule has 1 fully saturated rings. The number of hydrogen-bond donors (Lipinski definition) is 1. The molecule has 0 aliphatic carbocycles. The summed E-state index contributed by atoms with van der Waals surface area (Å²) in [7, 11) is 0. The second kappa shape index (κ2) is 6.41. The Morgan fingerprint density at radius 2 is 1.80 bits per heavy atom. The number of benzene rings is 2. The van der Waals surface area contributed by atoms with Gasteiger partial charge in [0.15, 0.2) is 0 Å². The molecule has 2 heterocycles. The molecule has 1 N–H and O–H groups in total. The summed E-state index contributed by atoms with van der Waals surface area (Å²) < 4.78 is 2.24. The first-order valence-corrected chi connectivity index (χ1v) is 9.10. The number of nitrogens with one attached hydrogen (secondary N) is 1. The lowest BCUT2D eigenvalue weighted by molar-refractivity contribution is -0.112. The Kier molecular flexibility index (Phi) is 4.09. The van der Waals surface area contributed by atoms with Gasteiger partial charge in [-0.25, -0.2) is 0 Å². The molecule has 126 valence electrons. The van der Waals surface area contributed by atoms with Gasteiger partial charge in [-0.3, -0.25) is 9.59 Å². The third-order valence-corrected chi connectivity index (χ3v) is 5.51. The molecule has 4 rings (SSSR count). The molecule has 1 aromatic heterocycles. The Morgan fingerprint density at radius 3 is 2.52 bits per heavy atom. The van der Waals surface area contributed by atoms with Gasteiger partial charge in [-0.15, -0.1) is 0 Å². The van der Waals surface area contributed by atoms with Crippen LogP contribution in [0.4, 0.5) is 4.79 Å². The summed E-state index contributed by atoms with van der Waals surface area (Å²) in [6, 6.07) is 18.3. The topological polar surface area (TPSA) is 51.1 Å². The molecule has 1 aliphatic heterocycles.